The summed E-state index contributed by atoms with van der Waals surface area (Å²) >= 11 is 0. The van der Waals surface area contributed by atoms with Crippen molar-refractivity contribution >= 4 is 15.7 Å². The zero-order valence-corrected chi connectivity index (χ0v) is 13.6. The van der Waals surface area contributed by atoms with E-state index in [1.54, 1.807) is 42.5 Å². The summed E-state index contributed by atoms with van der Waals surface area (Å²) < 4.78 is 38.4. The molecule has 0 aliphatic carbocycles. The Morgan fingerprint density at radius 1 is 0.955 bits per heavy atom. The zero-order valence-electron chi connectivity index (χ0n) is 12.7. The summed E-state index contributed by atoms with van der Waals surface area (Å²) in [5.74, 6) is 0.772. The molecule has 22 heavy (non-hydrogen) atoms. The molecule has 0 aliphatic rings. The standard InChI is InChI=1S/C16H19NO4S/c1-12(2)21-14-9-5-4-8-13(14)17-22(18,19)16-11-7-6-10-15(16)20-3/h4-12,17H,1-3H3. The van der Waals surface area contributed by atoms with Crippen LogP contribution in [0.1, 0.15) is 13.8 Å². The Morgan fingerprint density at radius 2 is 1.55 bits per heavy atom. The normalized spacial score (nSPS) is 11.3. The first-order chi connectivity index (χ1) is 10.4. The molecule has 0 saturated heterocycles. The van der Waals surface area contributed by atoms with Crippen LogP contribution in [-0.4, -0.2) is 21.6 Å². The van der Waals surface area contributed by atoms with Crippen LogP contribution in [0.15, 0.2) is 53.4 Å². The molecule has 0 fully saturated rings. The number of anilines is 1. The highest BCUT2D eigenvalue weighted by molar-refractivity contribution is 7.92. The van der Waals surface area contributed by atoms with Gasteiger partial charge in [-0.2, -0.15) is 0 Å². The molecule has 0 aliphatic heterocycles. The Balaban J connectivity index is 2.37. The maximum Gasteiger partial charge on any atom is 0.265 e. The van der Waals surface area contributed by atoms with Crippen LogP contribution in [0, 0.1) is 0 Å². The first kappa shape index (κ1) is 16.2. The smallest absolute Gasteiger partial charge is 0.265 e. The highest BCUT2D eigenvalue weighted by Crippen LogP contribution is 2.30. The molecule has 0 aromatic heterocycles. The van der Waals surface area contributed by atoms with Crippen molar-refractivity contribution in [1.29, 1.82) is 0 Å². The lowest BCUT2D eigenvalue weighted by molar-refractivity contribution is 0.244. The number of rotatable bonds is 6. The van der Waals surface area contributed by atoms with Crippen molar-refractivity contribution in [3.8, 4) is 11.5 Å². The van der Waals surface area contributed by atoms with Gasteiger partial charge in [-0.3, -0.25) is 4.72 Å². The molecule has 0 unspecified atom stereocenters. The number of ether oxygens (including phenoxy) is 2. The fourth-order valence-electron chi connectivity index (χ4n) is 1.95. The minimum Gasteiger partial charge on any atom is -0.495 e. The predicted octanol–water partition coefficient (Wildman–Crippen LogP) is 3.28. The maximum atomic E-state index is 12.6. The second kappa shape index (κ2) is 6.70. The summed E-state index contributed by atoms with van der Waals surface area (Å²) in [6.45, 7) is 3.76. The number of sulfonamides is 1. The largest absolute Gasteiger partial charge is 0.495 e. The molecule has 0 saturated carbocycles. The minimum atomic E-state index is -3.77. The third-order valence-corrected chi connectivity index (χ3v) is 4.26. The van der Waals surface area contributed by atoms with Crippen molar-refractivity contribution in [2.24, 2.45) is 0 Å². The van der Waals surface area contributed by atoms with Gasteiger partial charge in [0.1, 0.15) is 16.4 Å². The second-order valence-corrected chi connectivity index (χ2v) is 6.57. The number of hydrogen-bond donors (Lipinski definition) is 1. The first-order valence-corrected chi connectivity index (χ1v) is 8.34. The highest BCUT2D eigenvalue weighted by Gasteiger charge is 2.20. The number of para-hydroxylation sites is 3. The summed E-state index contributed by atoms with van der Waals surface area (Å²) in [6, 6.07) is 13.4. The van der Waals surface area contributed by atoms with Crippen molar-refractivity contribution < 1.29 is 17.9 Å². The monoisotopic (exact) mass is 321 g/mol. The molecule has 0 amide bonds. The van der Waals surface area contributed by atoms with Gasteiger partial charge in [0.2, 0.25) is 0 Å². The van der Waals surface area contributed by atoms with E-state index in [-0.39, 0.29) is 16.7 Å². The van der Waals surface area contributed by atoms with Gasteiger partial charge in [-0.15, -0.1) is 0 Å². The van der Waals surface area contributed by atoms with Gasteiger partial charge in [-0.05, 0) is 38.1 Å². The van der Waals surface area contributed by atoms with Crippen LogP contribution in [0.2, 0.25) is 0 Å². The molecule has 5 nitrogen and oxygen atoms in total. The lowest BCUT2D eigenvalue weighted by Crippen LogP contribution is -2.16. The molecule has 2 rings (SSSR count). The van der Waals surface area contributed by atoms with Gasteiger partial charge in [-0.1, -0.05) is 24.3 Å². The fraction of sp³-hybridized carbons (Fsp3) is 0.250. The van der Waals surface area contributed by atoms with Gasteiger partial charge >= 0.3 is 0 Å². The average molecular weight is 321 g/mol. The van der Waals surface area contributed by atoms with Crippen molar-refractivity contribution in [3.05, 3.63) is 48.5 Å². The summed E-state index contributed by atoms with van der Waals surface area (Å²) in [4.78, 5) is 0.0804. The third kappa shape index (κ3) is 3.71. The Hall–Kier alpha value is -2.21. The van der Waals surface area contributed by atoms with Crippen LogP contribution in [-0.2, 0) is 10.0 Å². The van der Waals surface area contributed by atoms with Crippen molar-refractivity contribution in [3.63, 3.8) is 0 Å². The van der Waals surface area contributed by atoms with E-state index >= 15 is 0 Å². The van der Waals surface area contributed by atoms with Gasteiger partial charge in [-0.25, -0.2) is 8.42 Å². The lowest BCUT2D eigenvalue weighted by Gasteiger charge is -2.16. The molecule has 2 aromatic carbocycles. The van der Waals surface area contributed by atoms with Crippen LogP contribution in [0.3, 0.4) is 0 Å². The topological polar surface area (TPSA) is 64.6 Å². The fourth-order valence-corrected chi connectivity index (χ4v) is 3.19. The molecule has 0 spiro atoms. The van der Waals surface area contributed by atoms with Gasteiger partial charge in [0.25, 0.3) is 10.0 Å². The van der Waals surface area contributed by atoms with Gasteiger partial charge in [0.05, 0.1) is 18.9 Å². The van der Waals surface area contributed by atoms with Crippen LogP contribution < -0.4 is 14.2 Å². The van der Waals surface area contributed by atoms with Crippen molar-refractivity contribution in [2.45, 2.75) is 24.8 Å². The maximum absolute atomic E-state index is 12.6. The zero-order chi connectivity index (χ0) is 16.2. The average Bonchev–Trinajstić information content (AvgIpc) is 2.48. The number of methoxy groups -OCH3 is 1. The summed E-state index contributed by atoms with van der Waals surface area (Å²) in [7, 11) is -2.33. The Bertz CT molecular complexity index is 741. The Labute approximate surface area is 130 Å². The molecule has 0 atom stereocenters. The lowest BCUT2D eigenvalue weighted by atomic mass is 10.3. The Kier molecular flexibility index (Phi) is 4.92. The van der Waals surface area contributed by atoms with Crippen molar-refractivity contribution in [2.75, 3.05) is 11.8 Å². The summed E-state index contributed by atoms with van der Waals surface area (Å²) in [5.41, 5.74) is 0.391. The van der Waals surface area contributed by atoms with E-state index < -0.39 is 10.0 Å². The molecule has 0 radical (unpaired) electrons. The van der Waals surface area contributed by atoms with E-state index in [1.807, 2.05) is 13.8 Å². The number of benzene rings is 2. The van der Waals surface area contributed by atoms with E-state index in [9.17, 15) is 8.42 Å². The van der Waals surface area contributed by atoms with E-state index in [4.69, 9.17) is 9.47 Å². The molecular weight excluding hydrogens is 302 g/mol. The minimum absolute atomic E-state index is 0.0584. The van der Waals surface area contributed by atoms with Crippen molar-refractivity contribution in [1.82, 2.24) is 0 Å². The Morgan fingerprint density at radius 3 is 2.18 bits per heavy atom. The number of nitrogens with one attached hydrogen (secondary N) is 1. The third-order valence-electron chi connectivity index (χ3n) is 2.85. The van der Waals surface area contributed by atoms with E-state index in [1.165, 1.54) is 13.2 Å². The van der Waals surface area contributed by atoms with Gasteiger partial charge < -0.3 is 9.47 Å². The van der Waals surface area contributed by atoms with Gasteiger partial charge in [0, 0.05) is 0 Å². The quantitative estimate of drug-likeness (QED) is 0.887. The van der Waals surface area contributed by atoms with Crippen LogP contribution in [0.5, 0.6) is 11.5 Å². The molecule has 0 heterocycles. The molecule has 6 heteroatoms. The molecule has 118 valence electrons. The first-order valence-electron chi connectivity index (χ1n) is 6.85. The second-order valence-electron chi connectivity index (χ2n) is 4.92. The van der Waals surface area contributed by atoms with E-state index in [2.05, 4.69) is 4.72 Å². The number of hydrogen-bond acceptors (Lipinski definition) is 4. The van der Waals surface area contributed by atoms with Crippen LogP contribution in [0.4, 0.5) is 5.69 Å². The van der Waals surface area contributed by atoms with E-state index in [0.717, 1.165) is 0 Å². The van der Waals surface area contributed by atoms with E-state index in [0.29, 0.717) is 11.4 Å². The molecular formula is C16H19NO4S. The highest BCUT2D eigenvalue weighted by atomic mass is 32.2. The molecule has 0 bridgehead atoms. The molecule has 1 N–H and O–H groups in total. The summed E-state index contributed by atoms with van der Waals surface area (Å²) in [6.07, 6.45) is -0.0584. The summed E-state index contributed by atoms with van der Waals surface area (Å²) in [5, 5.41) is 0. The van der Waals surface area contributed by atoms with Crippen LogP contribution >= 0.6 is 0 Å². The van der Waals surface area contributed by atoms with Crippen LogP contribution in [0.25, 0.3) is 0 Å². The van der Waals surface area contributed by atoms with Gasteiger partial charge in [0.15, 0.2) is 0 Å². The SMILES string of the molecule is COc1ccccc1S(=O)(=O)Nc1ccccc1OC(C)C. The predicted molar refractivity (Wildman–Crippen MR) is 86.0 cm³/mol. The molecule has 2 aromatic rings.